The molecule has 2 N–H and O–H groups in total. The number of hydrogen-bond donors (Lipinski definition) is 2. The maximum Gasteiger partial charge on any atom is 0.243 e. The van der Waals surface area contributed by atoms with Gasteiger partial charge in [0.1, 0.15) is 0 Å². The summed E-state index contributed by atoms with van der Waals surface area (Å²) in [6, 6.07) is 6.31. The Kier molecular flexibility index (Phi) is 4.29. The van der Waals surface area contributed by atoms with Crippen LogP contribution in [0.25, 0.3) is 17.0 Å². The van der Waals surface area contributed by atoms with E-state index in [4.69, 9.17) is 0 Å². The minimum atomic E-state index is -0.0790. The van der Waals surface area contributed by atoms with Crippen molar-refractivity contribution in [1.82, 2.24) is 15.2 Å². The molecular formula is C18H23N3O. The molecule has 4 heteroatoms. The molecule has 0 radical (unpaired) electrons. The van der Waals surface area contributed by atoms with E-state index in [1.165, 1.54) is 29.3 Å². The molecule has 22 heavy (non-hydrogen) atoms. The van der Waals surface area contributed by atoms with Gasteiger partial charge in [-0.15, -0.1) is 0 Å². The van der Waals surface area contributed by atoms with Crippen molar-refractivity contribution >= 4 is 22.9 Å². The number of hydrogen-bond acceptors (Lipinski definition) is 2. The van der Waals surface area contributed by atoms with E-state index >= 15 is 0 Å². The molecule has 1 amide bonds. The monoisotopic (exact) mass is 297 g/mol. The number of aromatic amines is 1. The topological polar surface area (TPSA) is 48.1 Å². The zero-order valence-electron chi connectivity index (χ0n) is 13.2. The summed E-state index contributed by atoms with van der Waals surface area (Å²) in [4.78, 5) is 17.1. The number of nitrogens with zero attached hydrogens (tertiary/aromatic N) is 1. The van der Waals surface area contributed by atoms with Crippen molar-refractivity contribution in [2.45, 2.75) is 18.8 Å². The number of carbonyl (C=O) groups excluding carboxylic acids is 1. The Balaban J connectivity index is 1.88. The second-order valence-corrected chi connectivity index (χ2v) is 6.07. The molecule has 0 aliphatic carbocycles. The SMILES string of the molecule is CNC(=O)/C=C/c1ccc2[nH]cc(C3CCN(C)CC3)c2c1. The molecule has 4 nitrogen and oxygen atoms in total. The van der Waals surface area contributed by atoms with Crippen LogP contribution in [0.4, 0.5) is 0 Å². The molecule has 2 heterocycles. The van der Waals surface area contributed by atoms with Gasteiger partial charge in [-0.3, -0.25) is 4.79 Å². The number of amides is 1. The Labute approximate surface area is 131 Å². The number of benzene rings is 1. The van der Waals surface area contributed by atoms with Crippen molar-refractivity contribution in [3.63, 3.8) is 0 Å². The number of likely N-dealkylation sites (N-methyl/N-ethyl adjacent to an activating group) is 1. The number of H-pyrrole nitrogens is 1. The number of piperidine rings is 1. The van der Waals surface area contributed by atoms with Crippen molar-refractivity contribution in [1.29, 1.82) is 0 Å². The Morgan fingerprint density at radius 3 is 2.86 bits per heavy atom. The molecule has 1 fully saturated rings. The second kappa shape index (κ2) is 6.36. The molecule has 0 atom stereocenters. The van der Waals surface area contributed by atoms with Crippen LogP contribution < -0.4 is 5.32 Å². The van der Waals surface area contributed by atoms with Gasteiger partial charge in [-0.25, -0.2) is 0 Å². The van der Waals surface area contributed by atoms with E-state index in [-0.39, 0.29) is 5.91 Å². The summed E-state index contributed by atoms with van der Waals surface area (Å²) < 4.78 is 0. The summed E-state index contributed by atoms with van der Waals surface area (Å²) in [7, 11) is 3.83. The highest BCUT2D eigenvalue weighted by atomic mass is 16.1. The molecule has 1 aliphatic rings. The van der Waals surface area contributed by atoms with E-state index in [0.29, 0.717) is 5.92 Å². The molecule has 0 unspecified atom stereocenters. The van der Waals surface area contributed by atoms with Gasteiger partial charge < -0.3 is 15.2 Å². The third kappa shape index (κ3) is 3.07. The summed E-state index contributed by atoms with van der Waals surface area (Å²) in [5, 5.41) is 3.88. The molecule has 2 aromatic rings. The van der Waals surface area contributed by atoms with Crippen LogP contribution in [0.5, 0.6) is 0 Å². The van der Waals surface area contributed by atoms with Gasteiger partial charge >= 0.3 is 0 Å². The molecule has 1 aromatic heterocycles. The summed E-state index contributed by atoms with van der Waals surface area (Å²) in [6.07, 6.45) is 8.02. The van der Waals surface area contributed by atoms with E-state index in [9.17, 15) is 4.79 Å². The van der Waals surface area contributed by atoms with E-state index in [2.05, 4.69) is 40.6 Å². The number of rotatable bonds is 3. The van der Waals surface area contributed by atoms with Crippen molar-refractivity contribution < 1.29 is 4.79 Å². The highest BCUT2D eigenvalue weighted by molar-refractivity contribution is 5.93. The van der Waals surface area contributed by atoms with Crippen LogP contribution in [0.3, 0.4) is 0 Å². The molecule has 1 aliphatic heterocycles. The van der Waals surface area contributed by atoms with Crippen LogP contribution in [0.15, 0.2) is 30.5 Å². The first-order valence-electron chi connectivity index (χ1n) is 7.87. The first-order chi connectivity index (χ1) is 10.7. The molecule has 0 bridgehead atoms. The maximum absolute atomic E-state index is 11.3. The third-order valence-corrected chi connectivity index (χ3v) is 4.57. The Morgan fingerprint density at radius 2 is 2.14 bits per heavy atom. The Morgan fingerprint density at radius 1 is 1.36 bits per heavy atom. The van der Waals surface area contributed by atoms with Gasteiger partial charge in [-0.1, -0.05) is 6.07 Å². The van der Waals surface area contributed by atoms with Crippen LogP contribution >= 0.6 is 0 Å². The molecule has 0 saturated carbocycles. The lowest BCUT2D eigenvalue weighted by molar-refractivity contribution is -0.115. The predicted octanol–water partition coefficient (Wildman–Crippen LogP) is 2.74. The van der Waals surface area contributed by atoms with Crippen LogP contribution in [0.1, 0.15) is 29.9 Å². The molecule has 1 saturated heterocycles. The summed E-state index contributed by atoms with van der Waals surface area (Å²) in [5.74, 6) is 0.549. The first-order valence-corrected chi connectivity index (χ1v) is 7.87. The van der Waals surface area contributed by atoms with Crippen molar-refractivity contribution in [3.8, 4) is 0 Å². The quantitative estimate of drug-likeness (QED) is 0.856. The largest absolute Gasteiger partial charge is 0.361 e. The van der Waals surface area contributed by atoms with Gasteiger partial charge in [-0.2, -0.15) is 0 Å². The number of carbonyl (C=O) groups is 1. The summed E-state index contributed by atoms with van der Waals surface area (Å²) in [6.45, 7) is 2.32. The van der Waals surface area contributed by atoms with Gasteiger partial charge in [-0.05, 0) is 68.2 Å². The van der Waals surface area contributed by atoms with Gasteiger partial charge in [0.05, 0.1) is 0 Å². The number of fused-ring (bicyclic) bond motifs is 1. The minimum absolute atomic E-state index is 0.0790. The predicted molar refractivity (Wildman–Crippen MR) is 90.9 cm³/mol. The van der Waals surface area contributed by atoms with Crippen molar-refractivity contribution in [3.05, 3.63) is 41.6 Å². The maximum atomic E-state index is 11.3. The van der Waals surface area contributed by atoms with Crippen LogP contribution in [0.2, 0.25) is 0 Å². The van der Waals surface area contributed by atoms with E-state index in [0.717, 1.165) is 18.7 Å². The van der Waals surface area contributed by atoms with Crippen molar-refractivity contribution in [2.24, 2.45) is 0 Å². The summed E-state index contributed by atoms with van der Waals surface area (Å²) in [5.41, 5.74) is 3.65. The number of aromatic nitrogens is 1. The zero-order valence-corrected chi connectivity index (χ0v) is 13.2. The first kappa shape index (κ1) is 14.9. The van der Waals surface area contributed by atoms with E-state index in [1.807, 2.05) is 12.1 Å². The minimum Gasteiger partial charge on any atom is -0.361 e. The lowest BCUT2D eigenvalue weighted by Crippen LogP contribution is -2.29. The van der Waals surface area contributed by atoms with Gasteiger partial charge in [0.2, 0.25) is 5.91 Å². The average molecular weight is 297 g/mol. The fraction of sp³-hybridized carbons (Fsp3) is 0.389. The Hall–Kier alpha value is -2.07. The number of likely N-dealkylation sites (tertiary alicyclic amines) is 1. The fourth-order valence-corrected chi connectivity index (χ4v) is 3.18. The van der Waals surface area contributed by atoms with E-state index in [1.54, 1.807) is 13.1 Å². The lowest BCUT2D eigenvalue weighted by atomic mass is 9.89. The van der Waals surface area contributed by atoms with Crippen LogP contribution in [-0.4, -0.2) is 43.0 Å². The van der Waals surface area contributed by atoms with Crippen LogP contribution in [0, 0.1) is 0 Å². The molecule has 0 spiro atoms. The number of nitrogens with one attached hydrogen (secondary N) is 2. The smallest absolute Gasteiger partial charge is 0.243 e. The van der Waals surface area contributed by atoms with Gasteiger partial charge in [0, 0.05) is 30.2 Å². The van der Waals surface area contributed by atoms with Crippen LogP contribution in [-0.2, 0) is 4.79 Å². The van der Waals surface area contributed by atoms with Crippen molar-refractivity contribution in [2.75, 3.05) is 27.2 Å². The highest BCUT2D eigenvalue weighted by Crippen LogP contribution is 2.33. The fourth-order valence-electron chi connectivity index (χ4n) is 3.18. The molecule has 1 aromatic carbocycles. The van der Waals surface area contributed by atoms with Gasteiger partial charge in [0.15, 0.2) is 0 Å². The Bertz CT molecular complexity index is 693. The lowest BCUT2D eigenvalue weighted by Gasteiger charge is -2.28. The van der Waals surface area contributed by atoms with Gasteiger partial charge in [0.25, 0.3) is 0 Å². The molecule has 3 rings (SSSR count). The standard InChI is InChI=1S/C18H23N3O/c1-19-18(22)6-4-13-3-5-17-15(11-13)16(12-20-17)14-7-9-21(2)10-8-14/h3-6,11-12,14,20H,7-10H2,1-2H3,(H,19,22)/b6-4+. The zero-order chi connectivity index (χ0) is 15.5. The third-order valence-electron chi connectivity index (χ3n) is 4.57. The molecular weight excluding hydrogens is 274 g/mol. The second-order valence-electron chi connectivity index (χ2n) is 6.07. The van der Waals surface area contributed by atoms with E-state index < -0.39 is 0 Å². The highest BCUT2D eigenvalue weighted by Gasteiger charge is 2.20. The summed E-state index contributed by atoms with van der Waals surface area (Å²) >= 11 is 0. The average Bonchev–Trinajstić information content (AvgIpc) is 2.96. The normalized spacial score (nSPS) is 17.4. The molecule has 116 valence electrons.